The van der Waals surface area contributed by atoms with Crippen LogP contribution in [0.15, 0.2) is 12.3 Å². The van der Waals surface area contributed by atoms with Crippen molar-refractivity contribution in [3.63, 3.8) is 0 Å². The van der Waals surface area contributed by atoms with E-state index in [-0.39, 0.29) is 0 Å². The van der Waals surface area contributed by atoms with Gasteiger partial charge in [-0.3, -0.25) is 0 Å². The second-order valence-electron chi connectivity index (χ2n) is 4.80. The van der Waals surface area contributed by atoms with E-state index in [2.05, 4.69) is 9.88 Å². The highest BCUT2D eigenvalue weighted by Gasteiger charge is 2.39. The third kappa shape index (κ3) is 1.50. The van der Waals surface area contributed by atoms with Gasteiger partial charge in [0.25, 0.3) is 0 Å². The molecule has 2 N–H and O–H groups in total. The van der Waals surface area contributed by atoms with Gasteiger partial charge in [0, 0.05) is 25.3 Å². The molecule has 0 radical (unpaired) electrons. The molecule has 2 aliphatic rings. The number of anilines is 1. The maximum Gasteiger partial charge on any atom is 0.147 e. The van der Waals surface area contributed by atoms with Crippen LogP contribution in [0.2, 0.25) is 5.02 Å². The Morgan fingerprint density at radius 2 is 2.38 bits per heavy atom. The van der Waals surface area contributed by atoms with Gasteiger partial charge in [0.2, 0.25) is 0 Å². The van der Waals surface area contributed by atoms with Crippen LogP contribution in [0.1, 0.15) is 24.8 Å². The topological polar surface area (TPSA) is 42.1 Å². The number of halogens is 1. The van der Waals surface area contributed by atoms with Crippen molar-refractivity contribution in [1.29, 1.82) is 0 Å². The lowest BCUT2D eigenvalue weighted by Crippen LogP contribution is -2.33. The maximum absolute atomic E-state index is 6.34. The van der Waals surface area contributed by atoms with Gasteiger partial charge in [0.05, 0.1) is 5.02 Å². The Bertz CT molecular complexity index is 407. The fourth-order valence-electron chi connectivity index (χ4n) is 3.01. The quantitative estimate of drug-likeness (QED) is 0.858. The lowest BCUT2D eigenvalue weighted by Gasteiger charge is -2.29. The SMILES string of the molecule is NCc1ccnc(N2CC3CCC2C3)c1Cl. The number of pyridine rings is 1. The molecule has 4 heteroatoms. The summed E-state index contributed by atoms with van der Waals surface area (Å²) in [5.41, 5.74) is 6.66. The molecule has 1 saturated carbocycles. The van der Waals surface area contributed by atoms with Crippen LogP contribution >= 0.6 is 11.6 Å². The third-order valence-electron chi connectivity index (χ3n) is 3.85. The largest absolute Gasteiger partial charge is 0.352 e. The van der Waals surface area contributed by atoms with Crippen molar-refractivity contribution in [3.8, 4) is 0 Å². The van der Waals surface area contributed by atoms with Crippen molar-refractivity contribution in [2.75, 3.05) is 11.4 Å². The van der Waals surface area contributed by atoms with E-state index in [1.807, 2.05) is 12.3 Å². The van der Waals surface area contributed by atoms with Crippen LogP contribution in [0.5, 0.6) is 0 Å². The molecule has 2 fully saturated rings. The number of piperidine rings is 1. The Kier molecular flexibility index (Phi) is 2.52. The number of hydrogen-bond acceptors (Lipinski definition) is 3. The normalized spacial score (nSPS) is 27.8. The van der Waals surface area contributed by atoms with E-state index in [1.165, 1.54) is 19.3 Å². The number of hydrogen-bond donors (Lipinski definition) is 1. The Balaban J connectivity index is 1.95. The summed E-state index contributed by atoms with van der Waals surface area (Å²) < 4.78 is 0. The van der Waals surface area contributed by atoms with Gasteiger partial charge in [-0.15, -0.1) is 0 Å². The Morgan fingerprint density at radius 3 is 3.00 bits per heavy atom. The number of fused-ring (bicyclic) bond motifs is 2. The highest BCUT2D eigenvalue weighted by molar-refractivity contribution is 6.33. The van der Waals surface area contributed by atoms with Crippen molar-refractivity contribution >= 4 is 17.4 Å². The van der Waals surface area contributed by atoms with Crippen LogP contribution in [0.25, 0.3) is 0 Å². The molecular weight excluding hydrogens is 222 g/mol. The first-order valence-corrected chi connectivity index (χ1v) is 6.27. The molecule has 1 aromatic rings. The Labute approximate surface area is 101 Å². The highest BCUT2D eigenvalue weighted by Crippen LogP contribution is 2.41. The molecular formula is C12H16ClN3. The molecule has 86 valence electrons. The van der Waals surface area contributed by atoms with Gasteiger partial charge < -0.3 is 10.6 Å². The molecule has 0 aromatic carbocycles. The minimum atomic E-state index is 0.482. The van der Waals surface area contributed by atoms with Crippen molar-refractivity contribution < 1.29 is 0 Å². The zero-order valence-electron chi connectivity index (χ0n) is 9.19. The smallest absolute Gasteiger partial charge is 0.147 e. The number of aromatic nitrogens is 1. The summed E-state index contributed by atoms with van der Waals surface area (Å²) in [4.78, 5) is 6.80. The molecule has 2 heterocycles. The summed E-state index contributed by atoms with van der Waals surface area (Å²) in [7, 11) is 0. The summed E-state index contributed by atoms with van der Waals surface area (Å²) >= 11 is 6.34. The Morgan fingerprint density at radius 1 is 1.50 bits per heavy atom. The first-order chi connectivity index (χ1) is 7.79. The van der Waals surface area contributed by atoms with E-state index >= 15 is 0 Å². The zero-order chi connectivity index (χ0) is 11.1. The predicted octanol–water partition coefficient (Wildman–Crippen LogP) is 2.18. The fourth-order valence-corrected chi connectivity index (χ4v) is 3.31. The molecule has 3 rings (SSSR count). The van der Waals surface area contributed by atoms with Crippen LogP contribution in [0, 0.1) is 5.92 Å². The first kappa shape index (κ1) is 10.4. The average molecular weight is 238 g/mol. The van der Waals surface area contributed by atoms with E-state index in [9.17, 15) is 0 Å². The minimum absolute atomic E-state index is 0.482. The van der Waals surface area contributed by atoms with E-state index < -0.39 is 0 Å². The summed E-state index contributed by atoms with van der Waals surface area (Å²) in [5, 5.41) is 0.748. The minimum Gasteiger partial charge on any atom is -0.352 e. The van der Waals surface area contributed by atoms with Gasteiger partial charge in [-0.05, 0) is 36.8 Å². The molecule has 2 unspecified atom stereocenters. The van der Waals surface area contributed by atoms with Gasteiger partial charge in [0.1, 0.15) is 5.82 Å². The van der Waals surface area contributed by atoms with Gasteiger partial charge in [0.15, 0.2) is 0 Å². The molecule has 2 bridgehead atoms. The van der Waals surface area contributed by atoms with Crippen molar-refractivity contribution in [2.24, 2.45) is 11.7 Å². The van der Waals surface area contributed by atoms with E-state index in [1.54, 1.807) is 0 Å². The molecule has 0 spiro atoms. The summed E-state index contributed by atoms with van der Waals surface area (Å²) in [6, 6.07) is 2.56. The fraction of sp³-hybridized carbons (Fsp3) is 0.583. The maximum atomic E-state index is 6.34. The van der Waals surface area contributed by atoms with Crippen molar-refractivity contribution in [2.45, 2.75) is 31.8 Å². The molecule has 0 amide bonds. The molecule has 1 saturated heterocycles. The summed E-state index contributed by atoms with van der Waals surface area (Å²) in [6.07, 6.45) is 5.78. The van der Waals surface area contributed by atoms with E-state index in [0.717, 1.165) is 28.9 Å². The van der Waals surface area contributed by atoms with E-state index in [0.29, 0.717) is 12.6 Å². The van der Waals surface area contributed by atoms with Gasteiger partial charge in [-0.25, -0.2) is 4.98 Å². The number of nitrogens with zero attached hydrogens (tertiary/aromatic N) is 2. The highest BCUT2D eigenvalue weighted by atomic mass is 35.5. The molecule has 16 heavy (non-hydrogen) atoms. The van der Waals surface area contributed by atoms with Crippen LogP contribution in [-0.4, -0.2) is 17.6 Å². The molecule has 1 aliphatic carbocycles. The average Bonchev–Trinajstić information content (AvgIpc) is 2.91. The summed E-state index contributed by atoms with van der Waals surface area (Å²) in [5.74, 6) is 1.79. The van der Waals surface area contributed by atoms with Gasteiger partial charge >= 0.3 is 0 Å². The van der Waals surface area contributed by atoms with Gasteiger partial charge in [-0.1, -0.05) is 11.6 Å². The lowest BCUT2D eigenvalue weighted by molar-refractivity contribution is 0.550. The first-order valence-electron chi connectivity index (χ1n) is 5.89. The van der Waals surface area contributed by atoms with Gasteiger partial charge in [-0.2, -0.15) is 0 Å². The summed E-state index contributed by atoms with van der Waals surface area (Å²) in [6.45, 7) is 1.60. The third-order valence-corrected chi connectivity index (χ3v) is 4.26. The number of rotatable bonds is 2. The zero-order valence-corrected chi connectivity index (χ0v) is 9.95. The molecule has 3 nitrogen and oxygen atoms in total. The van der Waals surface area contributed by atoms with Crippen LogP contribution in [-0.2, 0) is 6.54 Å². The van der Waals surface area contributed by atoms with Crippen LogP contribution in [0.4, 0.5) is 5.82 Å². The molecule has 2 atom stereocenters. The van der Waals surface area contributed by atoms with Crippen LogP contribution in [0.3, 0.4) is 0 Å². The molecule has 1 aliphatic heterocycles. The van der Waals surface area contributed by atoms with Crippen molar-refractivity contribution in [1.82, 2.24) is 4.98 Å². The molecule has 1 aromatic heterocycles. The second kappa shape index (κ2) is 3.90. The monoisotopic (exact) mass is 237 g/mol. The Hall–Kier alpha value is -0.800. The lowest BCUT2D eigenvalue weighted by atomic mass is 10.1. The standard InChI is InChI=1S/C12H16ClN3/c13-11-9(6-14)3-4-15-12(11)16-7-8-1-2-10(16)5-8/h3-4,8,10H,1-2,5-7,14H2. The predicted molar refractivity (Wildman–Crippen MR) is 65.6 cm³/mol. The van der Waals surface area contributed by atoms with Crippen LogP contribution < -0.4 is 10.6 Å². The van der Waals surface area contributed by atoms with E-state index in [4.69, 9.17) is 17.3 Å². The number of nitrogens with two attached hydrogens (primary N) is 1. The second-order valence-corrected chi connectivity index (χ2v) is 5.18. The van der Waals surface area contributed by atoms with Crippen molar-refractivity contribution in [3.05, 3.63) is 22.8 Å².